The molecule has 0 aromatic heterocycles. The maximum absolute atomic E-state index is 12.7. The minimum atomic E-state index is -2.04. The summed E-state index contributed by atoms with van der Waals surface area (Å²) in [5, 5.41) is 35.3. The lowest BCUT2D eigenvalue weighted by atomic mass is 10.0. The number of halogens is 1. The van der Waals surface area contributed by atoms with Gasteiger partial charge in [0.1, 0.15) is 18.3 Å². The molecule has 12 heavy (non-hydrogen) atoms. The monoisotopic (exact) mass is 182 g/mol. The Kier molecular flexibility index (Phi) is 2.97. The van der Waals surface area contributed by atoms with Crippen LogP contribution in [0.4, 0.5) is 4.39 Å². The van der Waals surface area contributed by atoms with Gasteiger partial charge in [0.25, 0.3) is 0 Å². The van der Waals surface area contributed by atoms with Crippen molar-refractivity contribution in [1.29, 1.82) is 0 Å². The fourth-order valence-corrected chi connectivity index (χ4v) is 1.06. The predicted octanol–water partition coefficient (Wildman–Crippen LogP) is -2.24. The fourth-order valence-electron chi connectivity index (χ4n) is 1.06. The summed E-state index contributed by atoms with van der Waals surface area (Å²) >= 11 is 0. The summed E-state index contributed by atoms with van der Waals surface area (Å²) in [4.78, 5) is 0. The van der Waals surface area contributed by atoms with Crippen LogP contribution >= 0.6 is 0 Å². The average molecular weight is 182 g/mol. The molecule has 1 fully saturated rings. The number of aliphatic hydroxyl groups excluding tert-OH is 4. The van der Waals surface area contributed by atoms with E-state index in [0.717, 1.165) is 0 Å². The smallest absolute Gasteiger partial charge is 0.189 e. The molecule has 0 radical (unpaired) electrons. The molecule has 6 heteroatoms. The average Bonchev–Trinajstić information content (AvgIpc) is 2.08. The van der Waals surface area contributed by atoms with Crippen molar-refractivity contribution in [3.63, 3.8) is 0 Å². The number of ether oxygens (including phenoxy) is 1. The van der Waals surface area contributed by atoms with Crippen LogP contribution in [0.5, 0.6) is 0 Å². The molecule has 0 aromatic rings. The van der Waals surface area contributed by atoms with Gasteiger partial charge in [0.05, 0.1) is 6.61 Å². The molecule has 0 bridgehead atoms. The third kappa shape index (κ3) is 1.57. The highest BCUT2D eigenvalue weighted by Crippen LogP contribution is 2.21. The molecular weight excluding hydrogens is 171 g/mol. The number of rotatable bonds is 1. The molecule has 0 spiro atoms. The van der Waals surface area contributed by atoms with E-state index in [2.05, 4.69) is 4.74 Å². The highest BCUT2D eigenvalue weighted by Gasteiger charge is 2.43. The van der Waals surface area contributed by atoms with Crippen LogP contribution in [-0.4, -0.2) is 57.8 Å². The zero-order valence-electron chi connectivity index (χ0n) is 6.17. The van der Waals surface area contributed by atoms with Crippen molar-refractivity contribution in [2.24, 2.45) is 0 Å². The van der Waals surface area contributed by atoms with Crippen LogP contribution < -0.4 is 0 Å². The van der Waals surface area contributed by atoms with Gasteiger partial charge in [-0.25, -0.2) is 4.39 Å². The molecule has 5 nitrogen and oxygen atoms in total. The molecule has 0 aliphatic carbocycles. The topological polar surface area (TPSA) is 90.2 Å². The van der Waals surface area contributed by atoms with Gasteiger partial charge in [-0.15, -0.1) is 0 Å². The van der Waals surface area contributed by atoms with E-state index in [4.69, 9.17) is 20.4 Å². The Morgan fingerprint density at radius 2 is 1.75 bits per heavy atom. The number of alkyl halides is 1. The lowest BCUT2D eigenvalue weighted by Crippen LogP contribution is -2.56. The van der Waals surface area contributed by atoms with Gasteiger partial charge in [0.15, 0.2) is 12.5 Å². The molecule has 1 heterocycles. The molecule has 0 saturated carbocycles. The van der Waals surface area contributed by atoms with Gasteiger partial charge in [-0.1, -0.05) is 0 Å². The quantitative estimate of drug-likeness (QED) is 0.368. The Bertz CT molecular complexity index is 150. The van der Waals surface area contributed by atoms with Crippen LogP contribution in [0.3, 0.4) is 0 Å². The molecule has 0 unspecified atom stereocenters. The molecule has 0 aromatic carbocycles. The molecule has 1 aliphatic rings. The zero-order chi connectivity index (χ0) is 9.30. The van der Waals surface area contributed by atoms with E-state index >= 15 is 0 Å². The predicted molar refractivity (Wildman–Crippen MR) is 34.9 cm³/mol. The second-order valence-corrected chi connectivity index (χ2v) is 2.67. The lowest BCUT2D eigenvalue weighted by Gasteiger charge is -2.36. The molecule has 1 rings (SSSR count). The van der Waals surface area contributed by atoms with Gasteiger partial charge in [-0.2, -0.15) is 0 Å². The highest BCUT2D eigenvalue weighted by molar-refractivity contribution is 4.88. The summed E-state index contributed by atoms with van der Waals surface area (Å²) in [5.74, 6) is 0. The summed E-state index contributed by atoms with van der Waals surface area (Å²) in [7, 11) is 0. The van der Waals surface area contributed by atoms with Crippen molar-refractivity contribution in [3.05, 3.63) is 0 Å². The second kappa shape index (κ2) is 3.63. The van der Waals surface area contributed by atoms with Crippen molar-refractivity contribution < 1.29 is 29.6 Å². The Hall–Kier alpha value is -0.270. The van der Waals surface area contributed by atoms with Crippen LogP contribution in [0.25, 0.3) is 0 Å². The summed E-state index contributed by atoms with van der Waals surface area (Å²) < 4.78 is 17.1. The maximum atomic E-state index is 12.7. The molecule has 1 saturated heterocycles. The molecule has 1 aliphatic heterocycles. The standard InChI is InChI=1S/C6H11FO5/c7-3-5(10)4(9)2(1-8)12-6(3)11/h2-6,8-11H,1H2/t2-,3+,4+,5+,6+/m0/s1. The number of hydrogen-bond acceptors (Lipinski definition) is 5. The van der Waals surface area contributed by atoms with E-state index in [1.54, 1.807) is 0 Å². The second-order valence-electron chi connectivity index (χ2n) is 2.67. The van der Waals surface area contributed by atoms with E-state index < -0.39 is 37.4 Å². The van der Waals surface area contributed by atoms with Crippen molar-refractivity contribution in [1.82, 2.24) is 0 Å². The van der Waals surface area contributed by atoms with Gasteiger partial charge in [-0.3, -0.25) is 0 Å². The van der Waals surface area contributed by atoms with E-state index in [1.165, 1.54) is 0 Å². The van der Waals surface area contributed by atoms with Crippen molar-refractivity contribution in [2.45, 2.75) is 30.8 Å². The first-order valence-electron chi connectivity index (χ1n) is 3.52. The van der Waals surface area contributed by atoms with Crippen LogP contribution in [-0.2, 0) is 4.74 Å². The van der Waals surface area contributed by atoms with Crippen molar-refractivity contribution in [2.75, 3.05) is 6.61 Å². The van der Waals surface area contributed by atoms with Gasteiger partial charge in [0.2, 0.25) is 0 Å². The summed E-state index contributed by atoms with van der Waals surface area (Å²) in [6, 6.07) is 0. The summed E-state index contributed by atoms with van der Waals surface area (Å²) in [5.41, 5.74) is 0. The van der Waals surface area contributed by atoms with Gasteiger partial charge in [-0.05, 0) is 0 Å². The van der Waals surface area contributed by atoms with E-state index in [1.807, 2.05) is 0 Å². The van der Waals surface area contributed by atoms with E-state index in [9.17, 15) is 4.39 Å². The highest BCUT2D eigenvalue weighted by atomic mass is 19.1. The van der Waals surface area contributed by atoms with Crippen LogP contribution in [0.15, 0.2) is 0 Å². The first kappa shape index (κ1) is 9.82. The van der Waals surface area contributed by atoms with Crippen LogP contribution in [0, 0.1) is 0 Å². The number of aliphatic hydroxyl groups is 4. The minimum Gasteiger partial charge on any atom is -0.394 e. The zero-order valence-corrected chi connectivity index (χ0v) is 6.17. The Labute approximate surface area is 68.0 Å². The van der Waals surface area contributed by atoms with Gasteiger partial charge >= 0.3 is 0 Å². The number of hydrogen-bond donors (Lipinski definition) is 4. The minimum absolute atomic E-state index is 0.581. The van der Waals surface area contributed by atoms with Crippen LogP contribution in [0.2, 0.25) is 0 Å². The largest absolute Gasteiger partial charge is 0.394 e. The summed E-state index contributed by atoms with van der Waals surface area (Å²) in [6.45, 7) is -0.581. The molecule has 4 N–H and O–H groups in total. The normalized spacial score (nSPS) is 49.2. The molecule has 5 atom stereocenters. The first-order valence-corrected chi connectivity index (χ1v) is 3.52. The Morgan fingerprint density at radius 3 is 2.25 bits per heavy atom. The van der Waals surface area contributed by atoms with E-state index in [-0.39, 0.29) is 0 Å². The third-order valence-electron chi connectivity index (χ3n) is 1.82. The SMILES string of the molecule is OC[C@@H]1O[C@@H](O)[C@H](F)[C@@H](O)[C@@H]1O. The van der Waals surface area contributed by atoms with Gasteiger partial charge in [0, 0.05) is 0 Å². The Balaban J connectivity index is 2.63. The van der Waals surface area contributed by atoms with Crippen LogP contribution in [0.1, 0.15) is 0 Å². The fraction of sp³-hybridized carbons (Fsp3) is 1.00. The first-order chi connectivity index (χ1) is 5.57. The third-order valence-corrected chi connectivity index (χ3v) is 1.82. The Morgan fingerprint density at radius 1 is 1.17 bits per heavy atom. The summed E-state index contributed by atoms with van der Waals surface area (Å²) in [6.07, 6.45) is -8.19. The maximum Gasteiger partial charge on any atom is 0.189 e. The molecular formula is C6H11FO5. The van der Waals surface area contributed by atoms with E-state index in [0.29, 0.717) is 0 Å². The lowest BCUT2D eigenvalue weighted by molar-refractivity contribution is -0.271. The van der Waals surface area contributed by atoms with Crippen molar-refractivity contribution in [3.8, 4) is 0 Å². The molecule has 0 amide bonds. The molecule has 72 valence electrons. The van der Waals surface area contributed by atoms with Crippen molar-refractivity contribution >= 4 is 0 Å². The van der Waals surface area contributed by atoms with Gasteiger partial charge < -0.3 is 25.2 Å².